The molecule has 0 heterocycles. The lowest BCUT2D eigenvalue weighted by Crippen LogP contribution is -2.49. The van der Waals surface area contributed by atoms with Crippen LogP contribution in [0.5, 0.6) is 0 Å². The van der Waals surface area contributed by atoms with Gasteiger partial charge < -0.3 is 10.2 Å². The van der Waals surface area contributed by atoms with Gasteiger partial charge in [-0.1, -0.05) is 45.8 Å². The summed E-state index contributed by atoms with van der Waals surface area (Å²) in [5, 5.41) is 20.4. The van der Waals surface area contributed by atoms with Crippen LogP contribution in [0.2, 0.25) is 0 Å². The maximum absolute atomic E-state index is 10.4. The van der Waals surface area contributed by atoms with Crippen molar-refractivity contribution in [3.05, 3.63) is 11.1 Å². The minimum absolute atomic E-state index is 0.0781. The second-order valence-electron chi connectivity index (χ2n) is 10.0. The first-order valence-electron chi connectivity index (χ1n) is 8.51. The quantitative estimate of drug-likeness (QED) is 0.757. The van der Waals surface area contributed by atoms with E-state index in [-0.39, 0.29) is 35.4 Å². The van der Waals surface area contributed by atoms with Gasteiger partial charge in [-0.05, 0) is 48.3 Å². The lowest BCUT2D eigenvalue weighted by atomic mass is 9.47. The molecule has 0 amide bonds. The summed E-state index contributed by atoms with van der Waals surface area (Å²) in [5.41, 5.74) is 3.68. The Balaban J connectivity index is 2.13. The molecule has 0 aliphatic heterocycles. The minimum atomic E-state index is -0.0781. The maximum atomic E-state index is 10.4. The second-order valence-corrected chi connectivity index (χ2v) is 10.0. The van der Waals surface area contributed by atoms with E-state index in [0.717, 1.165) is 19.3 Å². The van der Waals surface area contributed by atoms with Gasteiger partial charge in [-0.15, -0.1) is 0 Å². The van der Waals surface area contributed by atoms with Crippen LogP contribution < -0.4 is 0 Å². The molecular formula is C19H32O2. The number of aliphatic hydroxyl groups excluding tert-OH is 2. The van der Waals surface area contributed by atoms with Crippen molar-refractivity contribution in [3.8, 4) is 0 Å². The highest BCUT2D eigenvalue weighted by atomic mass is 16.3. The van der Waals surface area contributed by atoms with Gasteiger partial charge in [0.15, 0.2) is 0 Å². The molecule has 1 fully saturated rings. The van der Waals surface area contributed by atoms with Crippen LogP contribution in [0.4, 0.5) is 0 Å². The Morgan fingerprint density at radius 2 is 1.62 bits per heavy atom. The number of hydrogen-bond donors (Lipinski definition) is 2. The highest BCUT2D eigenvalue weighted by Crippen LogP contribution is 2.68. The molecule has 3 rings (SSSR count). The topological polar surface area (TPSA) is 40.5 Å². The molecule has 3 atom stereocenters. The molecule has 2 unspecified atom stereocenters. The summed E-state index contributed by atoms with van der Waals surface area (Å²) in [6, 6.07) is 0. The molecule has 2 N–H and O–H groups in total. The van der Waals surface area contributed by atoms with Crippen LogP contribution in [0.25, 0.3) is 0 Å². The molecule has 0 radical (unpaired) electrons. The lowest BCUT2D eigenvalue weighted by Gasteiger charge is -2.57. The van der Waals surface area contributed by atoms with Crippen LogP contribution >= 0.6 is 0 Å². The molecule has 2 heteroatoms. The molecule has 120 valence electrons. The van der Waals surface area contributed by atoms with Crippen molar-refractivity contribution in [1.29, 1.82) is 0 Å². The van der Waals surface area contributed by atoms with Crippen LogP contribution in [0, 0.1) is 27.6 Å². The van der Waals surface area contributed by atoms with Crippen LogP contribution in [-0.2, 0) is 0 Å². The van der Waals surface area contributed by atoms with Crippen molar-refractivity contribution in [2.75, 3.05) is 13.2 Å². The van der Waals surface area contributed by atoms with Crippen molar-refractivity contribution < 1.29 is 10.2 Å². The third-order valence-electron chi connectivity index (χ3n) is 6.53. The first kappa shape index (κ1) is 15.6. The van der Waals surface area contributed by atoms with Gasteiger partial charge in [0.25, 0.3) is 0 Å². The number of hydrogen-bond acceptors (Lipinski definition) is 2. The maximum Gasteiger partial charge on any atom is 0.0525 e. The van der Waals surface area contributed by atoms with E-state index in [4.69, 9.17) is 0 Å². The van der Waals surface area contributed by atoms with E-state index < -0.39 is 0 Å². The average Bonchev–Trinajstić information content (AvgIpc) is 2.55. The van der Waals surface area contributed by atoms with Crippen LogP contribution in [0.1, 0.15) is 66.7 Å². The van der Waals surface area contributed by atoms with Crippen molar-refractivity contribution in [2.24, 2.45) is 27.6 Å². The highest BCUT2D eigenvalue weighted by Gasteiger charge is 2.59. The fourth-order valence-electron chi connectivity index (χ4n) is 6.75. The van der Waals surface area contributed by atoms with Gasteiger partial charge >= 0.3 is 0 Å². The third-order valence-corrected chi connectivity index (χ3v) is 6.53. The van der Waals surface area contributed by atoms with E-state index in [0.29, 0.717) is 5.41 Å². The summed E-state index contributed by atoms with van der Waals surface area (Å²) in [4.78, 5) is 0. The average molecular weight is 292 g/mol. The molecule has 3 aliphatic rings. The van der Waals surface area contributed by atoms with Gasteiger partial charge in [0.1, 0.15) is 0 Å². The van der Waals surface area contributed by atoms with Crippen molar-refractivity contribution >= 4 is 0 Å². The first-order valence-corrected chi connectivity index (χ1v) is 8.51. The summed E-state index contributed by atoms with van der Waals surface area (Å²) in [6.07, 6.45) is 5.70. The molecule has 21 heavy (non-hydrogen) atoms. The first-order chi connectivity index (χ1) is 9.56. The molecule has 0 aromatic carbocycles. The van der Waals surface area contributed by atoms with Gasteiger partial charge in [0.2, 0.25) is 0 Å². The Labute approximate surface area is 129 Å². The molecule has 1 saturated carbocycles. The van der Waals surface area contributed by atoms with E-state index in [1.807, 2.05) is 0 Å². The van der Waals surface area contributed by atoms with E-state index >= 15 is 0 Å². The Kier molecular flexibility index (Phi) is 3.22. The van der Waals surface area contributed by atoms with Crippen molar-refractivity contribution in [1.82, 2.24) is 0 Å². The molecule has 2 bridgehead atoms. The zero-order valence-electron chi connectivity index (χ0n) is 14.4. The molecular weight excluding hydrogens is 260 g/mol. The Hall–Kier alpha value is -0.340. The fraction of sp³-hybridized carbons (Fsp3) is 0.895. The van der Waals surface area contributed by atoms with Crippen LogP contribution in [-0.4, -0.2) is 23.4 Å². The molecule has 0 aromatic heterocycles. The van der Waals surface area contributed by atoms with E-state index in [2.05, 4.69) is 34.6 Å². The number of allylic oxidation sites excluding steroid dienone is 1. The van der Waals surface area contributed by atoms with Crippen LogP contribution in [0.15, 0.2) is 11.1 Å². The Bertz CT molecular complexity index is 488. The minimum Gasteiger partial charge on any atom is -0.396 e. The van der Waals surface area contributed by atoms with Gasteiger partial charge in [0.05, 0.1) is 13.2 Å². The van der Waals surface area contributed by atoms with Gasteiger partial charge in [-0.2, -0.15) is 0 Å². The number of fused-ring (bicyclic) bond motifs is 3. The zero-order chi connectivity index (χ0) is 15.7. The largest absolute Gasteiger partial charge is 0.396 e. The molecule has 3 aliphatic carbocycles. The molecule has 0 aromatic rings. The predicted octanol–water partition coefficient (Wildman–Crippen LogP) is 3.92. The Morgan fingerprint density at radius 3 is 2.19 bits per heavy atom. The lowest BCUT2D eigenvalue weighted by molar-refractivity contribution is -0.0404. The fourth-order valence-corrected chi connectivity index (χ4v) is 6.75. The van der Waals surface area contributed by atoms with E-state index in [1.54, 1.807) is 5.57 Å². The second kappa shape index (κ2) is 4.35. The van der Waals surface area contributed by atoms with Gasteiger partial charge in [-0.25, -0.2) is 0 Å². The SMILES string of the molecule is CC1(C)CC2(C)CC3=C([C@H](CO)C(C)(C)C3)C(CO)(C1)C2. The summed E-state index contributed by atoms with van der Waals surface area (Å²) < 4.78 is 0. The van der Waals surface area contributed by atoms with Crippen LogP contribution in [0.3, 0.4) is 0 Å². The smallest absolute Gasteiger partial charge is 0.0525 e. The summed E-state index contributed by atoms with van der Waals surface area (Å²) in [7, 11) is 0. The van der Waals surface area contributed by atoms with Crippen molar-refractivity contribution in [2.45, 2.75) is 66.7 Å². The summed E-state index contributed by atoms with van der Waals surface area (Å²) in [6.45, 7) is 12.2. The normalized spacial score (nSPS) is 43.9. The summed E-state index contributed by atoms with van der Waals surface area (Å²) in [5.74, 6) is 0.234. The van der Waals surface area contributed by atoms with E-state index in [9.17, 15) is 10.2 Å². The highest BCUT2D eigenvalue weighted by molar-refractivity contribution is 5.38. The van der Waals surface area contributed by atoms with Gasteiger partial charge in [0, 0.05) is 11.3 Å². The Morgan fingerprint density at radius 1 is 0.952 bits per heavy atom. The molecule has 0 saturated heterocycles. The molecule has 0 spiro atoms. The monoisotopic (exact) mass is 292 g/mol. The van der Waals surface area contributed by atoms with Crippen molar-refractivity contribution in [3.63, 3.8) is 0 Å². The number of aliphatic hydroxyl groups is 2. The third kappa shape index (κ3) is 2.21. The number of rotatable bonds is 2. The van der Waals surface area contributed by atoms with E-state index in [1.165, 1.54) is 18.4 Å². The molecule has 2 nitrogen and oxygen atoms in total. The zero-order valence-corrected chi connectivity index (χ0v) is 14.4. The van der Waals surface area contributed by atoms with Gasteiger partial charge in [-0.3, -0.25) is 0 Å². The summed E-state index contributed by atoms with van der Waals surface area (Å²) >= 11 is 0. The standard InChI is InChI=1S/C19H32O2/c1-16(2)9-18(5)7-13-6-17(3,4)14(8-20)15(13)19(10-16,11-18)12-21/h14,20-21H,6-12H2,1-5H3/t14-,18?,19?/m0/s1. The predicted molar refractivity (Wildman–Crippen MR) is 85.9 cm³/mol.